The Bertz CT molecular complexity index is 875. The molecule has 0 fully saturated rings. The number of amides is 1. The molecule has 10 nitrogen and oxygen atoms in total. The van der Waals surface area contributed by atoms with Gasteiger partial charge < -0.3 is 25.1 Å². The lowest BCUT2D eigenvalue weighted by molar-refractivity contribution is -0.389. The Morgan fingerprint density at radius 2 is 2.04 bits per heavy atom. The highest BCUT2D eigenvalue weighted by Crippen LogP contribution is 2.17. The number of benzene rings is 1. The van der Waals surface area contributed by atoms with Crippen LogP contribution in [0.15, 0.2) is 41.7 Å². The van der Waals surface area contributed by atoms with Gasteiger partial charge in [-0.1, -0.05) is 0 Å². The molecule has 2 aromatic rings. The fraction of sp³-hybridized carbons (Fsp3) is 0.286. The number of carbonyl (C=O) groups is 1. The van der Waals surface area contributed by atoms with E-state index in [0.717, 1.165) is 12.5 Å². The second-order valence-electron chi connectivity index (χ2n) is 5.33. The number of rotatable bonds is 7. The van der Waals surface area contributed by atoms with Crippen molar-refractivity contribution in [2.45, 2.75) is 24.5 Å². The summed E-state index contributed by atoms with van der Waals surface area (Å²) in [4.78, 5) is 24.3. The maximum Gasteiger partial charge on any atom is 0.381 e. The molecule has 2 rings (SSSR count). The lowest BCUT2D eigenvalue weighted by atomic mass is 10.3. The van der Waals surface area contributed by atoms with Crippen molar-refractivity contribution in [2.24, 2.45) is 0 Å². The predicted molar refractivity (Wildman–Crippen MR) is 87.7 cm³/mol. The van der Waals surface area contributed by atoms with Crippen molar-refractivity contribution in [1.29, 1.82) is 0 Å². The van der Waals surface area contributed by atoms with Gasteiger partial charge in [0, 0.05) is 12.6 Å². The number of nitro groups is 1. The van der Waals surface area contributed by atoms with Crippen LogP contribution in [0.5, 0.6) is 0 Å². The van der Waals surface area contributed by atoms with Crippen molar-refractivity contribution in [3.8, 4) is 0 Å². The van der Waals surface area contributed by atoms with E-state index in [4.69, 9.17) is 0 Å². The zero-order valence-corrected chi connectivity index (χ0v) is 14.0. The van der Waals surface area contributed by atoms with Gasteiger partial charge in [-0.3, -0.25) is 4.79 Å². The number of hydrogen-bond acceptors (Lipinski definition) is 7. The number of anilines is 1. The summed E-state index contributed by atoms with van der Waals surface area (Å²) in [5.41, 5.74) is 0.456. The van der Waals surface area contributed by atoms with E-state index >= 15 is 0 Å². The summed E-state index contributed by atoms with van der Waals surface area (Å²) in [7, 11) is -3.76. The zero-order valence-electron chi connectivity index (χ0n) is 13.2. The van der Waals surface area contributed by atoms with Crippen LogP contribution in [0, 0.1) is 10.1 Å². The van der Waals surface area contributed by atoms with Crippen LogP contribution in [0.2, 0.25) is 0 Å². The molecule has 1 aromatic carbocycles. The first-order valence-corrected chi connectivity index (χ1v) is 8.77. The number of imidazole rings is 1. The molecule has 0 aliphatic heterocycles. The molecule has 1 aromatic heterocycles. The van der Waals surface area contributed by atoms with Gasteiger partial charge in [0.05, 0.1) is 23.3 Å². The third-order valence-electron chi connectivity index (χ3n) is 3.17. The fourth-order valence-corrected chi connectivity index (χ4v) is 3.49. The van der Waals surface area contributed by atoms with Crippen molar-refractivity contribution < 1.29 is 23.2 Å². The normalized spacial score (nSPS) is 12.6. The Labute approximate surface area is 143 Å². The van der Waals surface area contributed by atoms with E-state index in [9.17, 15) is 28.4 Å². The molecule has 0 aliphatic carbocycles. The highest BCUT2D eigenvalue weighted by molar-refractivity contribution is 7.91. The second kappa shape index (κ2) is 7.40. The molecule has 25 heavy (non-hydrogen) atoms. The molecule has 11 heteroatoms. The first-order valence-electron chi connectivity index (χ1n) is 7.12. The molecule has 134 valence electrons. The number of hydrogen-bond donors (Lipinski definition) is 2. The van der Waals surface area contributed by atoms with Gasteiger partial charge in [-0.15, -0.1) is 0 Å². The van der Waals surface area contributed by atoms with E-state index in [1.165, 1.54) is 35.8 Å². The molecular formula is C14H16N4O6S. The molecule has 0 radical (unpaired) electrons. The molecule has 0 aliphatic rings. The number of sulfone groups is 1. The van der Waals surface area contributed by atoms with E-state index in [1.807, 2.05) is 0 Å². The van der Waals surface area contributed by atoms with Gasteiger partial charge in [0.2, 0.25) is 12.2 Å². The Morgan fingerprint density at radius 1 is 1.40 bits per heavy atom. The molecule has 1 unspecified atom stereocenters. The van der Waals surface area contributed by atoms with Crippen LogP contribution in [-0.4, -0.2) is 45.8 Å². The average Bonchev–Trinajstić information content (AvgIpc) is 2.95. The third-order valence-corrected chi connectivity index (χ3v) is 4.99. The van der Waals surface area contributed by atoms with E-state index in [1.54, 1.807) is 0 Å². The highest BCUT2D eigenvalue weighted by atomic mass is 32.2. The molecule has 1 atom stereocenters. The maximum atomic E-state index is 12.3. The molecule has 0 spiro atoms. The van der Waals surface area contributed by atoms with Gasteiger partial charge in [-0.25, -0.2) is 8.42 Å². The van der Waals surface area contributed by atoms with Crippen molar-refractivity contribution in [3.05, 3.63) is 46.9 Å². The van der Waals surface area contributed by atoms with Gasteiger partial charge in [0.1, 0.15) is 6.20 Å². The molecular weight excluding hydrogens is 352 g/mol. The minimum atomic E-state index is -3.76. The summed E-state index contributed by atoms with van der Waals surface area (Å²) in [6, 6.07) is 5.55. The van der Waals surface area contributed by atoms with E-state index in [2.05, 4.69) is 10.3 Å². The minimum Gasteiger partial charge on any atom is -0.390 e. The van der Waals surface area contributed by atoms with Crippen LogP contribution in [-0.2, 0) is 21.2 Å². The van der Waals surface area contributed by atoms with Crippen molar-refractivity contribution >= 4 is 27.2 Å². The lowest BCUT2D eigenvalue weighted by Gasteiger charge is -2.11. The molecule has 2 N–H and O–H groups in total. The van der Waals surface area contributed by atoms with Gasteiger partial charge in [0.15, 0.2) is 9.84 Å². The quantitative estimate of drug-likeness (QED) is 0.537. The molecule has 0 saturated carbocycles. The van der Waals surface area contributed by atoms with Crippen LogP contribution in [0.4, 0.5) is 11.5 Å². The van der Waals surface area contributed by atoms with Gasteiger partial charge in [-0.05, 0) is 34.2 Å². The van der Waals surface area contributed by atoms with Crippen LogP contribution in [0.1, 0.15) is 6.92 Å². The summed E-state index contributed by atoms with van der Waals surface area (Å²) in [6.07, 6.45) is 0.989. The zero-order chi connectivity index (χ0) is 18.6. The summed E-state index contributed by atoms with van der Waals surface area (Å²) >= 11 is 0. The first kappa shape index (κ1) is 18.5. The number of aliphatic hydroxyl groups excluding tert-OH is 1. The van der Waals surface area contributed by atoms with Crippen molar-refractivity contribution in [3.63, 3.8) is 0 Å². The van der Waals surface area contributed by atoms with E-state index in [0.29, 0.717) is 5.69 Å². The molecule has 0 bridgehead atoms. The largest absolute Gasteiger partial charge is 0.390 e. The third kappa shape index (κ3) is 5.09. The number of carbonyl (C=O) groups excluding carboxylic acids is 1. The van der Waals surface area contributed by atoms with Gasteiger partial charge in [0.25, 0.3) is 0 Å². The first-order chi connectivity index (χ1) is 11.7. The smallest absolute Gasteiger partial charge is 0.381 e. The van der Waals surface area contributed by atoms with Crippen LogP contribution < -0.4 is 5.32 Å². The fourth-order valence-electron chi connectivity index (χ4n) is 2.14. The van der Waals surface area contributed by atoms with E-state index in [-0.39, 0.29) is 23.2 Å². The highest BCUT2D eigenvalue weighted by Gasteiger charge is 2.21. The summed E-state index contributed by atoms with van der Waals surface area (Å²) < 4.78 is 25.8. The summed E-state index contributed by atoms with van der Waals surface area (Å²) in [5.74, 6) is -1.22. The Hall–Kier alpha value is -2.79. The summed E-state index contributed by atoms with van der Waals surface area (Å²) in [6.45, 7) is 1.19. The van der Waals surface area contributed by atoms with Crippen molar-refractivity contribution in [2.75, 3.05) is 11.1 Å². The minimum absolute atomic E-state index is 0.00253. The number of nitrogens with one attached hydrogen (secondary N) is 1. The topological polar surface area (TPSA) is 144 Å². The van der Waals surface area contributed by atoms with Crippen LogP contribution in [0.3, 0.4) is 0 Å². The standard InChI is InChI=1S/C14H16N4O6S/c1-10(19)16-11-2-4-13(5-3-11)25(23,24)8-12(20)6-17-7-14(15-9-17)18(21)22/h2-5,7,9,12,20H,6,8H2,1H3,(H,16,19). The Morgan fingerprint density at radius 3 is 2.56 bits per heavy atom. The number of nitrogens with zero attached hydrogens (tertiary/aromatic N) is 3. The molecule has 1 amide bonds. The van der Waals surface area contributed by atoms with Crippen LogP contribution in [0.25, 0.3) is 0 Å². The van der Waals surface area contributed by atoms with Gasteiger partial charge in [-0.2, -0.15) is 0 Å². The predicted octanol–water partition coefficient (Wildman–Crippen LogP) is 0.584. The van der Waals surface area contributed by atoms with Gasteiger partial charge >= 0.3 is 5.82 Å². The SMILES string of the molecule is CC(=O)Nc1ccc(S(=O)(=O)CC(O)Cn2cnc([N+](=O)[O-])c2)cc1. The monoisotopic (exact) mass is 368 g/mol. The van der Waals surface area contributed by atoms with Crippen LogP contribution >= 0.6 is 0 Å². The maximum absolute atomic E-state index is 12.3. The Kier molecular flexibility index (Phi) is 5.49. The summed E-state index contributed by atoms with van der Waals surface area (Å²) in [5, 5.41) is 23.0. The second-order valence-corrected chi connectivity index (χ2v) is 7.36. The lowest BCUT2D eigenvalue weighted by Crippen LogP contribution is -2.25. The molecule has 1 heterocycles. The number of aliphatic hydroxyl groups is 1. The average molecular weight is 368 g/mol. The molecule has 0 saturated heterocycles. The Balaban J connectivity index is 2.03. The van der Waals surface area contributed by atoms with E-state index < -0.39 is 26.6 Å². The number of aromatic nitrogens is 2. The van der Waals surface area contributed by atoms with Crippen molar-refractivity contribution in [1.82, 2.24) is 9.55 Å².